The van der Waals surface area contributed by atoms with Crippen LogP contribution in [0.1, 0.15) is 0 Å². The fourth-order valence-corrected chi connectivity index (χ4v) is 6.09. The topological polar surface area (TPSA) is 38.7 Å². The first kappa shape index (κ1) is 24.2. The van der Waals surface area contributed by atoms with Crippen LogP contribution in [-0.2, 0) is 0 Å². The number of aromatic nitrogens is 3. The van der Waals surface area contributed by atoms with Crippen molar-refractivity contribution in [3.05, 3.63) is 152 Å². The summed E-state index contributed by atoms with van der Waals surface area (Å²) >= 11 is 0. The Kier molecular flexibility index (Phi) is 5.79. The van der Waals surface area contributed by atoms with Gasteiger partial charge < -0.3 is 0 Å². The van der Waals surface area contributed by atoms with E-state index >= 15 is 0 Å². The van der Waals surface area contributed by atoms with Crippen LogP contribution in [0.3, 0.4) is 0 Å². The van der Waals surface area contributed by atoms with Crippen LogP contribution in [0, 0.1) is 0 Å². The molecule has 0 bridgehead atoms. The molecule has 42 heavy (non-hydrogen) atoms. The second-order valence-electron chi connectivity index (χ2n) is 10.5. The zero-order valence-corrected chi connectivity index (χ0v) is 22.8. The van der Waals surface area contributed by atoms with Crippen LogP contribution in [-0.4, -0.2) is 15.0 Å². The Hall–Kier alpha value is -5.67. The van der Waals surface area contributed by atoms with Crippen LogP contribution in [0.25, 0.3) is 77.1 Å². The van der Waals surface area contributed by atoms with Crippen molar-refractivity contribution in [2.75, 3.05) is 0 Å². The third kappa shape index (κ3) is 4.11. The maximum Gasteiger partial charge on any atom is 0.0716 e. The summed E-state index contributed by atoms with van der Waals surface area (Å²) in [4.78, 5) is 13.5. The quantitative estimate of drug-likeness (QED) is 0.211. The van der Waals surface area contributed by atoms with E-state index in [1.807, 2.05) is 49.1 Å². The second kappa shape index (κ2) is 10.1. The number of hydrogen-bond donors (Lipinski definition) is 0. The molecule has 0 atom stereocenters. The fraction of sp³-hybridized carbons (Fsp3) is 0. The number of rotatable bonds is 4. The summed E-state index contributed by atoms with van der Waals surface area (Å²) in [7, 11) is 0. The van der Waals surface area contributed by atoms with Gasteiger partial charge in [0.15, 0.2) is 0 Å². The Balaban J connectivity index is 1.36. The predicted octanol–water partition coefficient (Wildman–Crippen LogP) is 10.00. The van der Waals surface area contributed by atoms with Crippen molar-refractivity contribution in [3.8, 4) is 44.8 Å². The van der Waals surface area contributed by atoms with Crippen molar-refractivity contribution in [1.82, 2.24) is 15.0 Å². The van der Waals surface area contributed by atoms with E-state index in [0.717, 1.165) is 33.6 Å². The Morgan fingerprint density at radius 2 is 0.738 bits per heavy atom. The molecule has 0 fully saturated rings. The molecule has 0 unspecified atom stereocenters. The first-order chi connectivity index (χ1) is 20.8. The summed E-state index contributed by atoms with van der Waals surface area (Å²) in [6.45, 7) is 0. The van der Waals surface area contributed by atoms with Gasteiger partial charge in [-0.1, -0.05) is 84.9 Å². The van der Waals surface area contributed by atoms with Crippen molar-refractivity contribution >= 4 is 32.3 Å². The Bertz CT molecular complexity index is 2150. The molecule has 3 heteroatoms. The molecule has 0 spiro atoms. The molecule has 196 valence electrons. The van der Waals surface area contributed by atoms with Crippen LogP contribution >= 0.6 is 0 Å². The highest BCUT2D eigenvalue weighted by Gasteiger charge is 2.14. The number of hydrogen-bond acceptors (Lipinski definition) is 3. The number of benzene rings is 5. The van der Waals surface area contributed by atoms with Crippen molar-refractivity contribution in [3.63, 3.8) is 0 Å². The normalized spacial score (nSPS) is 11.3. The minimum absolute atomic E-state index is 0.910. The summed E-state index contributed by atoms with van der Waals surface area (Å²) in [6, 6.07) is 45.4. The lowest BCUT2D eigenvalue weighted by Crippen LogP contribution is -1.93. The van der Waals surface area contributed by atoms with Gasteiger partial charge >= 0.3 is 0 Å². The van der Waals surface area contributed by atoms with Gasteiger partial charge in [-0.15, -0.1) is 0 Å². The molecular weight excluding hydrogens is 510 g/mol. The van der Waals surface area contributed by atoms with E-state index in [-0.39, 0.29) is 0 Å². The molecule has 8 rings (SSSR count). The van der Waals surface area contributed by atoms with Crippen LogP contribution in [0.15, 0.2) is 152 Å². The van der Waals surface area contributed by atoms with Crippen LogP contribution < -0.4 is 0 Å². The molecule has 0 N–H and O–H groups in total. The van der Waals surface area contributed by atoms with Gasteiger partial charge in [-0.25, -0.2) is 4.98 Å². The first-order valence-corrected chi connectivity index (χ1v) is 14.1. The van der Waals surface area contributed by atoms with Crippen molar-refractivity contribution in [2.24, 2.45) is 0 Å². The largest absolute Gasteiger partial charge is 0.265 e. The predicted molar refractivity (Wildman–Crippen MR) is 174 cm³/mol. The van der Waals surface area contributed by atoms with Gasteiger partial charge in [-0.3, -0.25) is 9.97 Å². The third-order valence-electron chi connectivity index (χ3n) is 8.07. The molecule has 0 radical (unpaired) electrons. The zero-order valence-electron chi connectivity index (χ0n) is 22.8. The van der Waals surface area contributed by atoms with Gasteiger partial charge in [0.1, 0.15) is 0 Å². The van der Waals surface area contributed by atoms with Gasteiger partial charge in [-0.2, -0.15) is 0 Å². The SMILES string of the molecule is c1ccc(-c2ccc3c4ccccc4c4ccccc4c3c2)c(-c2cc(-c3ccncc3)nc(-c3ccncc3)c2)c1. The molecule has 0 aliphatic heterocycles. The molecule has 5 aromatic carbocycles. The fourth-order valence-electron chi connectivity index (χ4n) is 6.09. The molecule has 0 saturated heterocycles. The molecule has 0 aliphatic carbocycles. The maximum absolute atomic E-state index is 5.05. The van der Waals surface area contributed by atoms with Gasteiger partial charge in [0, 0.05) is 35.9 Å². The summed E-state index contributed by atoms with van der Waals surface area (Å²) in [5.41, 5.74) is 8.53. The van der Waals surface area contributed by atoms with Crippen LogP contribution in [0.2, 0.25) is 0 Å². The van der Waals surface area contributed by atoms with E-state index in [1.165, 1.54) is 43.4 Å². The smallest absolute Gasteiger partial charge is 0.0716 e. The van der Waals surface area contributed by atoms with E-state index in [0.29, 0.717) is 0 Å². The number of nitrogens with zero attached hydrogens (tertiary/aromatic N) is 3. The Morgan fingerprint density at radius 1 is 0.310 bits per heavy atom. The Morgan fingerprint density at radius 3 is 1.26 bits per heavy atom. The Labute approximate surface area is 243 Å². The van der Waals surface area contributed by atoms with Crippen molar-refractivity contribution < 1.29 is 0 Å². The molecule has 0 saturated carbocycles. The summed E-state index contributed by atoms with van der Waals surface area (Å²) < 4.78 is 0. The summed E-state index contributed by atoms with van der Waals surface area (Å²) in [5.74, 6) is 0. The molecule has 8 aromatic rings. The lowest BCUT2D eigenvalue weighted by Gasteiger charge is -2.15. The second-order valence-corrected chi connectivity index (χ2v) is 10.5. The van der Waals surface area contributed by atoms with Crippen molar-refractivity contribution in [1.29, 1.82) is 0 Å². The highest BCUT2D eigenvalue weighted by molar-refractivity contribution is 6.25. The van der Waals surface area contributed by atoms with E-state index in [9.17, 15) is 0 Å². The molecule has 3 aromatic heterocycles. The summed E-state index contributed by atoms with van der Waals surface area (Å²) in [6.07, 6.45) is 7.25. The summed E-state index contributed by atoms with van der Waals surface area (Å²) in [5, 5.41) is 7.66. The monoisotopic (exact) mass is 535 g/mol. The zero-order chi connectivity index (χ0) is 27.9. The van der Waals surface area contributed by atoms with Crippen molar-refractivity contribution in [2.45, 2.75) is 0 Å². The molecule has 0 amide bonds. The van der Waals surface area contributed by atoms with Gasteiger partial charge in [0.2, 0.25) is 0 Å². The van der Waals surface area contributed by atoms with E-state index < -0.39 is 0 Å². The minimum atomic E-state index is 0.910. The molecule has 0 aliphatic rings. The average molecular weight is 536 g/mol. The first-order valence-electron chi connectivity index (χ1n) is 14.1. The lowest BCUT2D eigenvalue weighted by atomic mass is 9.89. The standard InChI is InChI=1S/C39H25N3/c1-2-8-31(29-24-38(26-15-19-40-20-16-26)42-39(25-29)27-17-21-41-22-18-27)30(7-1)28-13-14-36-34-11-4-3-9-32(34)33-10-5-6-12-35(33)37(36)23-28/h1-25H. The highest BCUT2D eigenvalue weighted by Crippen LogP contribution is 2.40. The average Bonchev–Trinajstić information content (AvgIpc) is 3.09. The lowest BCUT2D eigenvalue weighted by molar-refractivity contribution is 1.27. The maximum atomic E-state index is 5.05. The van der Waals surface area contributed by atoms with E-state index in [2.05, 4.69) is 113 Å². The molecule has 3 nitrogen and oxygen atoms in total. The number of pyridine rings is 3. The van der Waals surface area contributed by atoms with E-state index in [4.69, 9.17) is 4.98 Å². The third-order valence-corrected chi connectivity index (χ3v) is 8.07. The number of fused-ring (bicyclic) bond motifs is 6. The van der Waals surface area contributed by atoms with E-state index in [1.54, 1.807) is 0 Å². The van der Waals surface area contributed by atoms with Gasteiger partial charge in [0.05, 0.1) is 11.4 Å². The minimum Gasteiger partial charge on any atom is -0.265 e. The molecule has 3 heterocycles. The highest BCUT2D eigenvalue weighted by atomic mass is 14.7. The molecular formula is C39H25N3. The van der Waals surface area contributed by atoms with Crippen LogP contribution in [0.5, 0.6) is 0 Å². The van der Waals surface area contributed by atoms with Gasteiger partial charge in [-0.05, 0) is 97.0 Å². The van der Waals surface area contributed by atoms with Crippen LogP contribution in [0.4, 0.5) is 0 Å². The van der Waals surface area contributed by atoms with Gasteiger partial charge in [0.25, 0.3) is 0 Å².